The highest BCUT2D eigenvalue weighted by molar-refractivity contribution is 6.75. The Bertz CT molecular complexity index is 1330. The molecule has 0 saturated carbocycles. The standard InChI is InChI=1S/C31H59N5O5Si3/c1-21(37)35(11)26-23-27(33-19-32-26)36(20-34-23)28-25(41-44(16,17)31(8,9)10)24(40-43(14,15)30(5,6)7)22(39-28)18-38-42(12,13)29(2,3)4/h19-20,22,24-25,28H,18H2,1-17H3/t22-,24-,25-,28-/m1/s1. The molecule has 3 heterocycles. The maximum atomic E-state index is 12.2. The molecular formula is C31H59N5O5Si3. The first-order chi connectivity index (χ1) is 19.7. The van der Waals surface area contributed by atoms with Crippen molar-refractivity contribution >= 4 is 47.8 Å². The molecular weight excluding hydrogens is 607 g/mol. The number of hydrogen-bond acceptors (Lipinski definition) is 8. The Kier molecular flexibility index (Phi) is 10.3. The van der Waals surface area contributed by atoms with Gasteiger partial charge in [0, 0.05) is 14.0 Å². The van der Waals surface area contributed by atoms with Crippen molar-refractivity contribution in [1.29, 1.82) is 0 Å². The van der Waals surface area contributed by atoms with Crippen LogP contribution in [0, 0.1) is 0 Å². The van der Waals surface area contributed by atoms with Crippen LogP contribution in [-0.2, 0) is 22.8 Å². The van der Waals surface area contributed by atoms with Gasteiger partial charge in [0.2, 0.25) is 5.91 Å². The minimum absolute atomic E-state index is 0.0153. The summed E-state index contributed by atoms with van der Waals surface area (Å²) in [5.74, 6) is 0.314. The van der Waals surface area contributed by atoms with E-state index in [9.17, 15) is 4.79 Å². The van der Waals surface area contributed by atoms with E-state index in [1.807, 2.05) is 4.57 Å². The van der Waals surface area contributed by atoms with E-state index in [4.69, 9.17) is 23.0 Å². The highest BCUT2D eigenvalue weighted by Crippen LogP contribution is 2.47. The lowest BCUT2D eigenvalue weighted by Crippen LogP contribution is -2.54. The Morgan fingerprint density at radius 3 is 1.82 bits per heavy atom. The van der Waals surface area contributed by atoms with Gasteiger partial charge in [-0.1, -0.05) is 62.3 Å². The fourth-order valence-electron chi connectivity index (χ4n) is 4.30. The summed E-state index contributed by atoms with van der Waals surface area (Å²) in [6.45, 7) is 35.8. The summed E-state index contributed by atoms with van der Waals surface area (Å²) < 4.78 is 30.2. The molecule has 2 aromatic heterocycles. The number of rotatable bonds is 9. The number of carbonyl (C=O) groups is 1. The molecule has 44 heavy (non-hydrogen) atoms. The number of imidazole rings is 1. The van der Waals surface area contributed by atoms with Crippen LogP contribution < -0.4 is 4.90 Å². The third-order valence-corrected chi connectivity index (χ3v) is 24.0. The van der Waals surface area contributed by atoms with Gasteiger partial charge in [-0.15, -0.1) is 0 Å². The fraction of sp³-hybridized carbons (Fsp3) is 0.806. The highest BCUT2D eigenvalue weighted by Gasteiger charge is 2.55. The van der Waals surface area contributed by atoms with Crippen molar-refractivity contribution in [2.75, 3.05) is 18.6 Å². The Morgan fingerprint density at radius 1 is 0.841 bits per heavy atom. The smallest absolute Gasteiger partial charge is 0.224 e. The SMILES string of the molecule is CC(=O)N(C)c1ncnc2c1ncn2[C@@H]1O[C@H](CO[Si](C)(C)C(C)(C)C)[C@@H](O[Si](C)(C)C(C)(C)C)[C@H]1O[Si](C)(C)C(C)(C)C. The summed E-state index contributed by atoms with van der Waals surface area (Å²) in [6.07, 6.45) is 1.47. The maximum Gasteiger partial charge on any atom is 0.224 e. The normalized spacial score (nSPS) is 22.6. The van der Waals surface area contributed by atoms with Crippen molar-refractivity contribution < 1.29 is 22.8 Å². The minimum Gasteiger partial charge on any atom is -0.414 e. The molecule has 0 aliphatic carbocycles. The van der Waals surface area contributed by atoms with Crippen molar-refractivity contribution in [3.63, 3.8) is 0 Å². The van der Waals surface area contributed by atoms with Crippen LogP contribution in [0.2, 0.25) is 54.4 Å². The average molecular weight is 666 g/mol. The number of carbonyl (C=O) groups excluding carboxylic acids is 1. The van der Waals surface area contributed by atoms with Crippen molar-refractivity contribution in [3.05, 3.63) is 12.7 Å². The van der Waals surface area contributed by atoms with E-state index >= 15 is 0 Å². The summed E-state index contributed by atoms with van der Waals surface area (Å²) in [4.78, 5) is 27.4. The average Bonchev–Trinajstić information content (AvgIpc) is 3.41. The lowest BCUT2D eigenvalue weighted by Gasteiger charge is -2.44. The Morgan fingerprint density at radius 2 is 1.34 bits per heavy atom. The zero-order valence-corrected chi connectivity index (χ0v) is 33.4. The molecule has 0 bridgehead atoms. The van der Waals surface area contributed by atoms with E-state index in [0.29, 0.717) is 23.6 Å². The van der Waals surface area contributed by atoms with E-state index < -0.39 is 37.3 Å². The monoisotopic (exact) mass is 665 g/mol. The van der Waals surface area contributed by atoms with E-state index in [2.05, 4.69) is 112 Å². The van der Waals surface area contributed by atoms with E-state index in [1.54, 1.807) is 13.4 Å². The molecule has 1 aliphatic rings. The number of fused-ring (bicyclic) bond motifs is 1. The predicted octanol–water partition coefficient (Wildman–Crippen LogP) is 7.51. The number of nitrogens with zero attached hydrogens (tertiary/aromatic N) is 5. The molecule has 1 amide bonds. The van der Waals surface area contributed by atoms with E-state index in [-0.39, 0.29) is 33.2 Å². The highest BCUT2D eigenvalue weighted by atomic mass is 28.4. The van der Waals surface area contributed by atoms with Crippen LogP contribution >= 0.6 is 0 Å². The molecule has 250 valence electrons. The summed E-state index contributed by atoms with van der Waals surface area (Å²) in [7, 11) is -4.99. The molecule has 10 nitrogen and oxygen atoms in total. The fourth-order valence-corrected chi connectivity index (χ4v) is 7.91. The van der Waals surface area contributed by atoms with Crippen molar-refractivity contribution in [2.24, 2.45) is 0 Å². The summed E-state index contributed by atoms with van der Waals surface area (Å²) >= 11 is 0. The van der Waals surface area contributed by atoms with Gasteiger partial charge in [0.05, 0.1) is 12.9 Å². The van der Waals surface area contributed by atoms with Crippen LogP contribution in [0.3, 0.4) is 0 Å². The minimum atomic E-state index is -2.31. The molecule has 3 rings (SSSR count). The van der Waals surface area contributed by atoms with Crippen molar-refractivity contribution in [2.45, 2.75) is 148 Å². The molecule has 1 fully saturated rings. The molecule has 0 N–H and O–H groups in total. The predicted molar refractivity (Wildman–Crippen MR) is 186 cm³/mol. The number of amides is 1. The van der Waals surface area contributed by atoms with Crippen LogP contribution in [0.25, 0.3) is 11.2 Å². The van der Waals surface area contributed by atoms with Crippen LogP contribution in [0.4, 0.5) is 5.82 Å². The van der Waals surface area contributed by atoms with Crippen molar-refractivity contribution in [1.82, 2.24) is 19.5 Å². The van der Waals surface area contributed by atoms with Gasteiger partial charge in [-0.3, -0.25) is 14.3 Å². The maximum absolute atomic E-state index is 12.2. The number of aromatic nitrogens is 4. The third kappa shape index (κ3) is 7.39. The zero-order valence-electron chi connectivity index (χ0n) is 30.4. The van der Waals surface area contributed by atoms with Crippen LogP contribution in [0.15, 0.2) is 12.7 Å². The van der Waals surface area contributed by atoms with Gasteiger partial charge in [0.1, 0.15) is 24.6 Å². The molecule has 0 radical (unpaired) electrons. The van der Waals surface area contributed by atoms with Gasteiger partial charge in [0.15, 0.2) is 48.2 Å². The molecule has 1 saturated heterocycles. The molecule has 0 aromatic carbocycles. The summed E-state index contributed by atoms with van der Waals surface area (Å²) in [6, 6.07) is 0. The first-order valence-electron chi connectivity index (χ1n) is 15.8. The van der Waals surface area contributed by atoms with Crippen LogP contribution in [0.1, 0.15) is 75.5 Å². The van der Waals surface area contributed by atoms with Gasteiger partial charge in [-0.05, 0) is 54.4 Å². The molecule has 0 spiro atoms. The van der Waals surface area contributed by atoms with Gasteiger partial charge in [-0.25, -0.2) is 15.0 Å². The summed E-state index contributed by atoms with van der Waals surface area (Å²) in [5.41, 5.74) is 1.11. The lowest BCUT2D eigenvalue weighted by atomic mass is 10.1. The number of ether oxygens (including phenoxy) is 1. The van der Waals surface area contributed by atoms with Crippen molar-refractivity contribution in [3.8, 4) is 0 Å². The Labute approximate surface area is 269 Å². The van der Waals surface area contributed by atoms with E-state index in [1.165, 1.54) is 18.2 Å². The first-order valence-corrected chi connectivity index (χ1v) is 24.5. The molecule has 4 atom stereocenters. The van der Waals surface area contributed by atoms with Gasteiger partial charge >= 0.3 is 0 Å². The topological polar surface area (TPSA) is 101 Å². The van der Waals surface area contributed by atoms with Gasteiger partial charge < -0.3 is 18.0 Å². The third-order valence-electron chi connectivity index (χ3n) is 10.6. The number of hydrogen-bond donors (Lipinski definition) is 0. The van der Waals surface area contributed by atoms with Gasteiger partial charge in [0.25, 0.3) is 0 Å². The Hall–Kier alpha value is -1.49. The summed E-state index contributed by atoms with van der Waals surface area (Å²) in [5, 5.41) is -0.00165. The molecule has 2 aromatic rings. The zero-order chi connectivity index (χ0) is 33.8. The van der Waals surface area contributed by atoms with Crippen LogP contribution in [-0.4, -0.2) is 82.3 Å². The second-order valence-corrected chi connectivity index (χ2v) is 31.2. The molecule has 13 heteroatoms. The Balaban J connectivity index is 2.20. The van der Waals surface area contributed by atoms with Gasteiger partial charge in [-0.2, -0.15) is 0 Å². The lowest BCUT2D eigenvalue weighted by molar-refractivity contribution is -0.116. The first kappa shape index (κ1) is 37.0. The van der Waals surface area contributed by atoms with Crippen LogP contribution in [0.5, 0.6) is 0 Å². The molecule has 1 aliphatic heterocycles. The second kappa shape index (κ2) is 12.3. The second-order valence-electron chi connectivity index (χ2n) is 16.9. The molecule has 0 unspecified atom stereocenters. The largest absolute Gasteiger partial charge is 0.414 e. The number of anilines is 1. The quantitative estimate of drug-likeness (QED) is 0.254. The van der Waals surface area contributed by atoms with E-state index in [0.717, 1.165) is 0 Å².